The summed E-state index contributed by atoms with van der Waals surface area (Å²) in [6, 6.07) is 15.0. The number of hydrogen-bond acceptors (Lipinski definition) is 6. The number of likely N-dealkylation sites (tertiary alicyclic amines) is 1. The van der Waals surface area contributed by atoms with Gasteiger partial charge in [-0.15, -0.1) is 0 Å². The normalized spacial score (nSPS) is 15.4. The van der Waals surface area contributed by atoms with E-state index in [1.165, 1.54) is 12.1 Å². The van der Waals surface area contributed by atoms with Gasteiger partial charge in [-0.05, 0) is 74.8 Å². The molecule has 1 heterocycles. The van der Waals surface area contributed by atoms with Crippen LogP contribution in [0.15, 0.2) is 59.5 Å². The second kappa shape index (κ2) is 14.2. The molecule has 1 saturated heterocycles. The SMILES string of the molecule is NCCC(=O)Nc1cccc(S(=O)(=O)N[C@@H](CCCc2ccccc2)C(=O)N2CCC(CCN)CC2)c1. The number of anilines is 1. The van der Waals surface area contributed by atoms with Crippen LogP contribution in [0.4, 0.5) is 5.69 Å². The minimum atomic E-state index is -4.02. The van der Waals surface area contributed by atoms with E-state index in [0.29, 0.717) is 44.1 Å². The zero-order valence-electron chi connectivity index (χ0n) is 21.3. The summed E-state index contributed by atoms with van der Waals surface area (Å²) >= 11 is 0. The van der Waals surface area contributed by atoms with Crippen LogP contribution >= 0.6 is 0 Å². The second-order valence-electron chi connectivity index (χ2n) is 9.51. The summed E-state index contributed by atoms with van der Waals surface area (Å²) in [7, 11) is -4.02. The number of aryl methyl sites for hydroxylation is 1. The van der Waals surface area contributed by atoms with E-state index < -0.39 is 16.1 Å². The fourth-order valence-corrected chi connectivity index (χ4v) is 5.91. The van der Waals surface area contributed by atoms with E-state index in [9.17, 15) is 18.0 Å². The van der Waals surface area contributed by atoms with E-state index in [2.05, 4.69) is 10.0 Å². The Morgan fingerprint density at radius 2 is 1.73 bits per heavy atom. The fourth-order valence-electron chi connectivity index (χ4n) is 4.64. The van der Waals surface area contributed by atoms with Gasteiger partial charge in [0.25, 0.3) is 0 Å². The quantitative estimate of drug-likeness (QED) is 0.313. The molecule has 10 heteroatoms. The van der Waals surface area contributed by atoms with Gasteiger partial charge >= 0.3 is 0 Å². The lowest BCUT2D eigenvalue weighted by atomic mass is 9.93. The van der Waals surface area contributed by atoms with Gasteiger partial charge in [0, 0.05) is 31.7 Å². The van der Waals surface area contributed by atoms with Crippen LogP contribution in [0.5, 0.6) is 0 Å². The Kier molecular flexibility index (Phi) is 11.1. The van der Waals surface area contributed by atoms with Gasteiger partial charge in [0.05, 0.1) is 4.90 Å². The van der Waals surface area contributed by atoms with E-state index in [4.69, 9.17) is 11.5 Å². The highest BCUT2D eigenvalue weighted by Crippen LogP contribution is 2.22. The van der Waals surface area contributed by atoms with Crippen LogP contribution < -0.4 is 21.5 Å². The molecule has 202 valence electrons. The van der Waals surface area contributed by atoms with Crippen molar-refractivity contribution in [1.82, 2.24) is 9.62 Å². The van der Waals surface area contributed by atoms with Crippen LogP contribution in [-0.2, 0) is 26.0 Å². The van der Waals surface area contributed by atoms with Crippen LogP contribution in [-0.4, -0.2) is 57.4 Å². The molecule has 0 aromatic heterocycles. The average Bonchev–Trinajstić information content (AvgIpc) is 2.89. The van der Waals surface area contributed by atoms with E-state index in [1.54, 1.807) is 17.0 Å². The molecule has 1 fully saturated rings. The van der Waals surface area contributed by atoms with Crippen molar-refractivity contribution in [2.45, 2.75) is 55.9 Å². The molecule has 1 aliphatic rings. The van der Waals surface area contributed by atoms with Gasteiger partial charge in [0.1, 0.15) is 6.04 Å². The van der Waals surface area contributed by atoms with Gasteiger partial charge in [0.15, 0.2) is 0 Å². The standard InChI is InChI=1S/C27H39N5O4S/c28-16-12-22-14-18-32(19-15-22)27(34)25(11-4-8-21-6-2-1-3-7-21)31-37(35,36)24-10-5-9-23(20-24)30-26(33)13-17-29/h1-3,5-7,9-10,20,22,25,31H,4,8,11-19,28-29H2,(H,30,33)/t25-/m0/s1. The van der Waals surface area contributed by atoms with Crippen molar-refractivity contribution in [2.75, 3.05) is 31.5 Å². The maximum absolute atomic E-state index is 13.5. The number of sulfonamides is 1. The first-order valence-electron chi connectivity index (χ1n) is 13.0. The molecule has 37 heavy (non-hydrogen) atoms. The topological polar surface area (TPSA) is 148 Å². The summed E-state index contributed by atoms with van der Waals surface area (Å²) < 4.78 is 29.3. The molecule has 3 rings (SSSR count). The molecule has 0 saturated carbocycles. The molecule has 2 aromatic rings. The first kappa shape index (κ1) is 28.8. The molecular weight excluding hydrogens is 490 g/mol. The molecule has 0 radical (unpaired) electrons. The molecule has 2 amide bonds. The van der Waals surface area contributed by atoms with Gasteiger partial charge in [-0.1, -0.05) is 36.4 Å². The molecule has 6 N–H and O–H groups in total. The summed E-state index contributed by atoms with van der Waals surface area (Å²) in [6.45, 7) is 2.03. The smallest absolute Gasteiger partial charge is 0.241 e. The summed E-state index contributed by atoms with van der Waals surface area (Å²) in [6.07, 6.45) is 4.59. The van der Waals surface area contributed by atoms with E-state index in [1.807, 2.05) is 30.3 Å². The first-order chi connectivity index (χ1) is 17.8. The van der Waals surface area contributed by atoms with Gasteiger partial charge < -0.3 is 21.7 Å². The van der Waals surface area contributed by atoms with Crippen LogP contribution in [0, 0.1) is 5.92 Å². The number of piperidine rings is 1. The fraction of sp³-hybridized carbons (Fsp3) is 0.481. The summed E-state index contributed by atoms with van der Waals surface area (Å²) in [5, 5.41) is 2.65. The van der Waals surface area contributed by atoms with Gasteiger partial charge in [-0.3, -0.25) is 9.59 Å². The van der Waals surface area contributed by atoms with Crippen molar-refractivity contribution in [3.8, 4) is 0 Å². The Morgan fingerprint density at radius 3 is 2.41 bits per heavy atom. The van der Waals surface area contributed by atoms with E-state index in [0.717, 1.165) is 31.2 Å². The van der Waals surface area contributed by atoms with Crippen LogP contribution in [0.3, 0.4) is 0 Å². The number of carbonyl (C=O) groups is 2. The number of nitrogens with zero attached hydrogens (tertiary/aromatic N) is 1. The zero-order valence-corrected chi connectivity index (χ0v) is 22.1. The van der Waals surface area contributed by atoms with Crippen molar-refractivity contribution in [2.24, 2.45) is 17.4 Å². The van der Waals surface area contributed by atoms with E-state index in [-0.39, 0.29) is 29.7 Å². The predicted octanol–water partition coefficient (Wildman–Crippen LogP) is 2.23. The number of nitrogens with two attached hydrogens (primary N) is 2. The molecule has 0 bridgehead atoms. The maximum atomic E-state index is 13.5. The molecule has 1 aliphatic heterocycles. The van der Waals surface area contributed by atoms with Crippen LogP contribution in [0.1, 0.15) is 44.1 Å². The summed E-state index contributed by atoms with van der Waals surface area (Å²) in [5.74, 6) is 0.00624. The lowest BCUT2D eigenvalue weighted by molar-refractivity contribution is -0.134. The summed E-state index contributed by atoms with van der Waals surface area (Å²) in [4.78, 5) is 27.2. The van der Waals surface area contributed by atoms with Crippen molar-refractivity contribution in [1.29, 1.82) is 0 Å². The molecule has 0 aliphatic carbocycles. The Labute approximate surface area is 220 Å². The second-order valence-corrected chi connectivity index (χ2v) is 11.2. The average molecular weight is 530 g/mol. The maximum Gasteiger partial charge on any atom is 0.241 e. The number of amides is 2. The van der Waals surface area contributed by atoms with Crippen molar-refractivity contribution in [3.63, 3.8) is 0 Å². The van der Waals surface area contributed by atoms with E-state index >= 15 is 0 Å². The van der Waals surface area contributed by atoms with Crippen LogP contribution in [0.25, 0.3) is 0 Å². The lowest BCUT2D eigenvalue weighted by Gasteiger charge is -2.34. The minimum Gasteiger partial charge on any atom is -0.341 e. The Balaban J connectivity index is 1.73. The highest BCUT2D eigenvalue weighted by molar-refractivity contribution is 7.89. The van der Waals surface area contributed by atoms with Gasteiger partial charge in [-0.25, -0.2) is 8.42 Å². The molecule has 0 spiro atoms. The lowest BCUT2D eigenvalue weighted by Crippen LogP contribution is -2.50. The number of hydrogen-bond donors (Lipinski definition) is 4. The Morgan fingerprint density at radius 1 is 1.00 bits per heavy atom. The molecule has 9 nitrogen and oxygen atoms in total. The number of nitrogens with one attached hydrogen (secondary N) is 2. The van der Waals surface area contributed by atoms with Crippen molar-refractivity contribution in [3.05, 3.63) is 60.2 Å². The zero-order chi connectivity index (χ0) is 26.7. The Hall–Kier alpha value is -2.79. The molecule has 0 unspecified atom stereocenters. The largest absolute Gasteiger partial charge is 0.341 e. The third-order valence-electron chi connectivity index (χ3n) is 6.70. The van der Waals surface area contributed by atoms with Crippen molar-refractivity contribution >= 4 is 27.5 Å². The number of rotatable bonds is 13. The molecule has 2 aromatic carbocycles. The monoisotopic (exact) mass is 529 g/mol. The highest BCUT2D eigenvalue weighted by Gasteiger charge is 2.31. The third kappa shape index (κ3) is 8.92. The van der Waals surface area contributed by atoms with Gasteiger partial charge in [0.2, 0.25) is 21.8 Å². The highest BCUT2D eigenvalue weighted by atomic mass is 32.2. The predicted molar refractivity (Wildman–Crippen MR) is 145 cm³/mol. The van der Waals surface area contributed by atoms with Crippen LogP contribution in [0.2, 0.25) is 0 Å². The molecular formula is C27H39N5O4S. The first-order valence-corrected chi connectivity index (χ1v) is 14.5. The third-order valence-corrected chi connectivity index (χ3v) is 8.17. The summed E-state index contributed by atoms with van der Waals surface area (Å²) in [5.41, 5.74) is 12.6. The van der Waals surface area contributed by atoms with Gasteiger partial charge in [-0.2, -0.15) is 4.72 Å². The van der Waals surface area contributed by atoms with Crippen molar-refractivity contribution < 1.29 is 18.0 Å². The Bertz CT molecular complexity index is 1120. The number of benzene rings is 2. The number of carbonyl (C=O) groups excluding carboxylic acids is 2. The minimum absolute atomic E-state index is 0.0134. The molecule has 1 atom stereocenters.